The molecule has 0 aliphatic carbocycles. The van der Waals surface area contributed by atoms with Crippen LogP contribution in [0.3, 0.4) is 0 Å². The second kappa shape index (κ2) is 8.98. The van der Waals surface area contributed by atoms with E-state index in [4.69, 9.17) is 10.00 Å². The summed E-state index contributed by atoms with van der Waals surface area (Å²) in [5.74, 6) is 0.418. The molecule has 1 heterocycles. The minimum atomic E-state index is -0.244. The van der Waals surface area contributed by atoms with Gasteiger partial charge in [0.05, 0.1) is 4.91 Å². The molecule has 1 atom stereocenters. The number of halogens is 1. The molecule has 138 valence electrons. The van der Waals surface area contributed by atoms with Gasteiger partial charge >= 0.3 is 0 Å². The Kier molecular flexibility index (Phi) is 6.43. The number of anilines is 1. The number of nitrogens with zero attached hydrogens (tertiary/aromatic N) is 1. The number of benzene rings is 2. The summed E-state index contributed by atoms with van der Waals surface area (Å²) in [7, 11) is 0. The molecule has 3 rings (SSSR count). The molecule has 5 nitrogen and oxygen atoms in total. The maximum Gasteiger partial charge on any atom is 0.260 e. The average molecular weight is 444 g/mol. The van der Waals surface area contributed by atoms with E-state index in [-0.39, 0.29) is 18.0 Å². The van der Waals surface area contributed by atoms with Gasteiger partial charge in [0.2, 0.25) is 0 Å². The zero-order valence-electron chi connectivity index (χ0n) is 14.7. The Morgan fingerprint density at radius 1 is 1.33 bits per heavy atom. The van der Waals surface area contributed by atoms with E-state index in [9.17, 15) is 4.79 Å². The lowest BCUT2D eigenvalue weighted by Gasteiger charge is -2.13. The third-order valence-corrected chi connectivity index (χ3v) is 5.46. The molecule has 1 amide bonds. The molecule has 0 radical (unpaired) electrons. The summed E-state index contributed by atoms with van der Waals surface area (Å²) >= 11 is 4.84. The predicted molar refractivity (Wildman–Crippen MR) is 112 cm³/mol. The molecule has 1 fully saturated rings. The molecule has 2 N–H and O–H groups in total. The third-order valence-electron chi connectivity index (χ3n) is 3.94. The van der Waals surface area contributed by atoms with E-state index in [0.717, 1.165) is 22.1 Å². The summed E-state index contributed by atoms with van der Waals surface area (Å²) in [6.45, 7) is 2.07. The molecule has 1 aliphatic heterocycles. The Morgan fingerprint density at radius 3 is 2.81 bits per heavy atom. The van der Waals surface area contributed by atoms with E-state index in [1.54, 1.807) is 12.1 Å². The Hall–Kier alpha value is -2.43. The van der Waals surface area contributed by atoms with Gasteiger partial charge < -0.3 is 15.4 Å². The van der Waals surface area contributed by atoms with Crippen LogP contribution in [0.4, 0.5) is 5.69 Å². The lowest BCUT2D eigenvalue weighted by atomic mass is 10.1. The molecule has 0 saturated carbocycles. The molecular formula is C20H18BrN3O2S. The number of nitriles is 1. The summed E-state index contributed by atoms with van der Waals surface area (Å²) in [6, 6.07) is 15.6. The number of thioether (sulfide) groups is 1. The van der Waals surface area contributed by atoms with Crippen molar-refractivity contribution in [2.75, 3.05) is 11.9 Å². The summed E-state index contributed by atoms with van der Waals surface area (Å²) < 4.78 is 6.32. The Balaban J connectivity index is 1.75. The molecule has 1 aliphatic rings. The van der Waals surface area contributed by atoms with E-state index in [1.807, 2.05) is 30.3 Å². The van der Waals surface area contributed by atoms with Crippen LogP contribution in [0.25, 0.3) is 6.08 Å². The van der Waals surface area contributed by atoms with Crippen LogP contribution in [-0.2, 0) is 11.2 Å². The molecule has 7 heteroatoms. The normalized spacial score (nSPS) is 17.4. The quantitative estimate of drug-likeness (QED) is 0.642. The lowest BCUT2D eigenvalue weighted by molar-refractivity contribution is -0.116. The van der Waals surface area contributed by atoms with Crippen LogP contribution in [0.15, 0.2) is 51.8 Å². The van der Waals surface area contributed by atoms with E-state index < -0.39 is 0 Å². The van der Waals surface area contributed by atoms with E-state index in [2.05, 4.69) is 45.6 Å². The van der Waals surface area contributed by atoms with Crippen LogP contribution in [-0.4, -0.2) is 18.0 Å². The van der Waals surface area contributed by atoms with Gasteiger partial charge in [-0.05, 0) is 48.4 Å². The third kappa shape index (κ3) is 5.06. The van der Waals surface area contributed by atoms with E-state index in [1.165, 1.54) is 17.3 Å². The fourth-order valence-corrected chi connectivity index (χ4v) is 3.92. The smallest absolute Gasteiger partial charge is 0.260 e. The second-order valence-corrected chi connectivity index (χ2v) is 7.87. The first kappa shape index (κ1) is 19.3. The minimum Gasteiger partial charge on any atom is -0.478 e. The second-order valence-electron chi connectivity index (χ2n) is 5.80. The highest BCUT2D eigenvalue weighted by Crippen LogP contribution is 2.33. The topological polar surface area (TPSA) is 74.2 Å². The zero-order valence-corrected chi connectivity index (χ0v) is 17.1. The number of ether oxygens (including phenoxy) is 1. The average Bonchev–Trinajstić information content (AvgIpc) is 3.00. The van der Waals surface area contributed by atoms with Crippen molar-refractivity contribution in [1.82, 2.24) is 5.32 Å². The van der Waals surface area contributed by atoms with Gasteiger partial charge in [0.25, 0.3) is 5.91 Å². The minimum absolute atomic E-state index is 0.0465. The maximum absolute atomic E-state index is 12.3. The first-order valence-corrected chi connectivity index (χ1v) is 10.1. The van der Waals surface area contributed by atoms with Gasteiger partial charge in [0.1, 0.15) is 11.8 Å². The van der Waals surface area contributed by atoms with Crippen LogP contribution in [0.2, 0.25) is 0 Å². The molecule has 2 aromatic carbocycles. The number of carbonyl (C=O) groups excluding carboxylic acids is 1. The van der Waals surface area contributed by atoms with Crippen LogP contribution in [0.5, 0.6) is 5.75 Å². The van der Waals surface area contributed by atoms with Gasteiger partial charge in [-0.15, -0.1) is 0 Å². The van der Waals surface area contributed by atoms with Crippen molar-refractivity contribution in [1.29, 1.82) is 5.26 Å². The van der Waals surface area contributed by atoms with Crippen molar-refractivity contribution in [3.05, 3.63) is 63.0 Å². The molecule has 1 saturated heterocycles. The van der Waals surface area contributed by atoms with E-state index >= 15 is 0 Å². The van der Waals surface area contributed by atoms with Crippen molar-refractivity contribution in [3.63, 3.8) is 0 Å². The highest BCUT2D eigenvalue weighted by atomic mass is 79.9. The van der Waals surface area contributed by atoms with Crippen LogP contribution >= 0.6 is 27.7 Å². The number of carbonyl (C=O) groups is 1. The van der Waals surface area contributed by atoms with Gasteiger partial charge in [-0.25, -0.2) is 0 Å². The molecule has 0 bridgehead atoms. The molecule has 0 unspecified atom stereocenters. The number of amides is 1. The molecule has 0 spiro atoms. The number of rotatable bonds is 6. The lowest BCUT2D eigenvalue weighted by Crippen LogP contribution is -2.30. The maximum atomic E-state index is 12.3. The summed E-state index contributed by atoms with van der Waals surface area (Å²) in [5.41, 5.74) is 2.72. The van der Waals surface area contributed by atoms with E-state index in [0.29, 0.717) is 10.7 Å². The van der Waals surface area contributed by atoms with Crippen LogP contribution < -0.4 is 15.4 Å². The molecular weight excluding hydrogens is 426 g/mol. The van der Waals surface area contributed by atoms with Crippen molar-refractivity contribution in [2.24, 2.45) is 0 Å². The van der Waals surface area contributed by atoms with Crippen molar-refractivity contribution in [2.45, 2.75) is 18.8 Å². The first-order valence-electron chi connectivity index (χ1n) is 8.43. The first-order chi connectivity index (χ1) is 13.1. The highest BCUT2D eigenvalue weighted by Gasteiger charge is 2.27. The fraction of sp³-hybridized carbons (Fsp3) is 0.200. The van der Waals surface area contributed by atoms with Gasteiger partial charge in [0.15, 0.2) is 12.1 Å². The molecule has 0 aromatic heterocycles. The zero-order chi connectivity index (χ0) is 19.2. The number of hydrogen-bond donors (Lipinski definition) is 2. The fourth-order valence-electron chi connectivity index (χ4n) is 2.57. The highest BCUT2D eigenvalue weighted by molar-refractivity contribution is 9.10. The SMILES string of the molecule is CCc1ccc(N[C@H]2NC(=O)/C(=C/c3cc(Br)ccc3OCC#N)S2)cc1. The Bertz CT molecular complexity index is 906. The van der Waals surface area contributed by atoms with Crippen molar-refractivity contribution in [3.8, 4) is 11.8 Å². The van der Waals surface area contributed by atoms with Crippen LogP contribution in [0.1, 0.15) is 18.1 Å². The Morgan fingerprint density at radius 2 is 2.11 bits per heavy atom. The number of nitrogens with one attached hydrogen (secondary N) is 2. The van der Waals surface area contributed by atoms with Crippen LogP contribution in [0, 0.1) is 11.3 Å². The monoisotopic (exact) mass is 443 g/mol. The largest absolute Gasteiger partial charge is 0.478 e. The van der Waals surface area contributed by atoms with Gasteiger partial charge in [-0.2, -0.15) is 5.26 Å². The molecule has 2 aromatic rings. The van der Waals surface area contributed by atoms with Gasteiger partial charge in [-0.1, -0.05) is 46.7 Å². The predicted octanol–water partition coefficient (Wildman–Crippen LogP) is 4.51. The summed E-state index contributed by atoms with van der Waals surface area (Å²) in [5, 5.41) is 15.0. The van der Waals surface area contributed by atoms with Gasteiger partial charge in [0, 0.05) is 15.7 Å². The summed E-state index contributed by atoms with van der Waals surface area (Å²) in [6.07, 6.45) is 2.77. The number of aryl methyl sites for hydroxylation is 1. The van der Waals surface area contributed by atoms with Gasteiger partial charge in [-0.3, -0.25) is 4.79 Å². The standard InChI is InChI=1S/C20H18BrN3O2S/c1-2-13-3-6-16(7-4-13)23-20-24-19(25)18(27-20)12-14-11-15(21)5-8-17(14)26-10-9-22/h3-8,11-12,20,23H,2,10H2,1H3,(H,24,25)/b18-12-/t20-/m0/s1. The summed E-state index contributed by atoms with van der Waals surface area (Å²) in [4.78, 5) is 12.9. The van der Waals surface area contributed by atoms with Crippen molar-refractivity contribution >= 4 is 45.4 Å². The van der Waals surface area contributed by atoms with Crippen molar-refractivity contribution < 1.29 is 9.53 Å². The Labute approximate surface area is 170 Å². The molecule has 27 heavy (non-hydrogen) atoms. The number of hydrogen-bond acceptors (Lipinski definition) is 5.